The molecule has 1 fully saturated rings. The summed E-state index contributed by atoms with van der Waals surface area (Å²) in [4.78, 5) is 13.5. The van der Waals surface area contributed by atoms with Crippen molar-refractivity contribution in [3.63, 3.8) is 0 Å². The molecule has 4 nitrogen and oxygen atoms in total. The standard InChI is InChI=1S/C14H20N2O2/c1-11-9-14(17)16(10-11)7-4-8-18-13-6-3-2-5-12(13)15/h2-3,5-6,11H,4,7-10,15H2,1H3. The number of carbonyl (C=O) groups excluding carboxylic acids is 1. The van der Waals surface area contributed by atoms with Crippen LogP contribution in [0.2, 0.25) is 0 Å². The van der Waals surface area contributed by atoms with Gasteiger partial charge < -0.3 is 15.4 Å². The second-order valence-electron chi connectivity index (χ2n) is 4.89. The second-order valence-corrected chi connectivity index (χ2v) is 4.89. The summed E-state index contributed by atoms with van der Waals surface area (Å²) in [5.41, 5.74) is 6.43. The molecule has 1 aliphatic rings. The summed E-state index contributed by atoms with van der Waals surface area (Å²) in [6, 6.07) is 7.46. The monoisotopic (exact) mass is 248 g/mol. The fourth-order valence-corrected chi connectivity index (χ4v) is 2.24. The van der Waals surface area contributed by atoms with Crippen molar-refractivity contribution in [3.05, 3.63) is 24.3 Å². The van der Waals surface area contributed by atoms with Crippen LogP contribution in [-0.4, -0.2) is 30.5 Å². The van der Waals surface area contributed by atoms with E-state index in [0.29, 0.717) is 24.6 Å². The average Bonchev–Trinajstić information content (AvgIpc) is 2.65. The topological polar surface area (TPSA) is 55.6 Å². The van der Waals surface area contributed by atoms with Gasteiger partial charge in [0.2, 0.25) is 5.91 Å². The molecule has 98 valence electrons. The van der Waals surface area contributed by atoms with Crippen molar-refractivity contribution in [3.8, 4) is 5.75 Å². The van der Waals surface area contributed by atoms with Crippen molar-refractivity contribution in [2.45, 2.75) is 19.8 Å². The third-order valence-corrected chi connectivity index (χ3v) is 3.16. The van der Waals surface area contributed by atoms with Gasteiger partial charge in [-0.05, 0) is 24.5 Å². The van der Waals surface area contributed by atoms with Gasteiger partial charge in [0.05, 0.1) is 12.3 Å². The van der Waals surface area contributed by atoms with Crippen LogP contribution in [0.3, 0.4) is 0 Å². The van der Waals surface area contributed by atoms with Gasteiger partial charge in [-0.3, -0.25) is 4.79 Å². The molecule has 1 aliphatic heterocycles. The van der Waals surface area contributed by atoms with Crippen LogP contribution < -0.4 is 10.5 Å². The summed E-state index contributed by atoms with van der Waals surface area (Å²) < 4.78 is 5.60. The lowest BCUT2D eigenvalue weighted by atomic mass is 10.2. The Bertz CT molecular complexity index is 420. The van der Waals surface area contributed by atoms with Crippen LogP contribution in [0, 0.1) is 5.92 Å². The lowest BCUT2D eigenvalue weighted by Crippen LogP contribution is -2.27. The number of para-hydroxylation sites is 2. The molecule has 0 spiro atoms. The van der Waals surface area contributed by atoms with E-state index >= 15 is 0 Å². The number of hydrogen-bond donors (Lipinski definition) is 1. The fraction of sp³-hybridized carbons (Fsp3) is 0.500. The van der Waals surface area contributed by atoms with Crippen LogP contribution in [0.4, 0.5) is 5.69 Å². The van der Waals surface area contributed by atoms with Crippen LogP contribution in [0.15, 0.2) is 24.3 Å². The minimum atomic E-state index is 0.265. The maximum atomic E-state index is 11.6. The molecule has 2 rings (SSSR count). The number of carbonyl (C=O) groups is 1. The predicted molar refractivity (Wildman–Crippen MR) is 71.3 cm³/mol. The molecule has 18 heavy (non-hydrogen) atoms. The molecule has 1 aromatic rings. The van der Waals surface area contributed by atoms with Crippen LogP contribution in [0.25, 0.3) is 0 Å². The van der Waals surface area contributed by atoms with Crippen molar-refractivity contribution in [2.75, 3.05) is 25.4 Å². The van der Waals surface area contributed by atoms with Gasteiger partial charge in [-0.2, -0.15) is 0 Å². The minimum absolute atomic E-state index is 0.265. The molecule has 0 saturated carbocycles. The van der Waals surface area contributed by atoms with Gasteiger partial charge in [-0.15, -0.1) is 0 Å². The van der Waals surface area contributed by atoms with Gasteiger partial charge in [0.25, 0.3) is 0 Å². The first-order valence-electron chi connectivity index (χ1n) is 6.42. The van der Waals surface area contributed by atoms with Crippen LogP contribution in [0.1, 0.15) is 19.8 Å². The first kappa shape index (κ1) is 12.7. The Labute approximate surface area is 108 Å². The Morgan fingerprint density at radius 3 is 2.89 bits per heavy atom. The summed E-state index contributed by atoms with van der Waals surface area (Å²) in [6.07, 6.45) is 1.53. The second kappa shape index (κ2) is 5.76. The number of nitrogens with two attached hydrogens (primary N) is 1. The third-order valence-electron chi connectivity index (χ3n) is 3.16. The van der Waals surface area contributed by atoms with E-state index < -0.39 is 0 Å². The molecule has 0 aromatic heterocycles. The van der Waals surface area contributed by atoms with E-state index in [4.69, 9.17) is 10.5 Å². The third kappa shape index (κ3) is 3.15. The molecular formula is C14H20N2O2. The van der Waals surface area contributed by atoms with Gasteiger partial charge >= 0.3 is 0 Å². The Balaban J connectivity index is 1.70. The number of nitrogens with zero attached hydrogens (tertiary/aromatic N) is 1. The van der Waals surface area contributed by atoms with Crippen molar-refractivity contribution in [2.24, 2.45) is 5.92 Å². The van der Waals surface area contributed by atoms with Crippen LogP contribution in [0.5, 0.6) is 5.75 Å². The van der Waals surface area contributed by atoms with Crippen LogP contribution in [-0.2, 0) is 4.79 Å². The van der Waals surface area contributed by atoms with Gasteiger partial charge in [-0.1, -0.05) is 19.1 Å². The minimum Gasteiger partial charge on any atom is -0.491 e. The highest BCUT2D eigenvalue weighted by atomic mass is 16.5. The summed E-state index contributed by atoms with van der Waals surface area (Å²) in [6.45, 7) is 4.35. The summed E-state index contributed by atoms with van der Waals surface area (Å²) in [7, 11) is 0. The van der Waals surface area contributed by atoms with E-state index in [2.05, 4.69) is 6.92 Å². The quantitative estimate of drug-likeness (QED) is 0.639. The first-order chi connectivity index (χ1) is 8.66. The molecule has 4 heteroatoms. The summed E-state index contributed by atoms with van der Waals surface area (Å²) in [5, 5.41) is 0. The molecule has 1 amide bonds. The van der Waals surface area contributed by atoms with E-state index in [0.717, 1.165) is 25.3 Å². The summed E-state index contributed by atoms with van der Waals surface area (Å²) >= 11 is 0. The summed E-state index contributed by atoms with van der Waals surface area (Å²) in [5.74, 6) is 1.48. The number of amides is 1. The number of rotatable bonds is 5. The Kier molecular flexibility index (Phi) is 4.07. The predicted octanol–water partition coefficient (Wildman–Crippen LogP) is 1.91. The normalized spacial score (nSPS) is 19.3. The largest absolute Gasteiger partial charge is 0.491 e. The van der Waals surface area contributed by atoms with E-state index in [9.17, 15) is 4.79 Å². The van der Waals surface area contributed by atoms with E-state index in [1.807, 2.05) is 29.2 Å². The molecule has 0 aliphatic carbocycles. The molecular weight excluding hydrogens is 228 g/mol. The molecule has 2 N–H and O–H groups in total. The fourth-order valence-electron chi connectivity index (χ4n) is 2.24. The van der Waals surface area contributed by atoms with Crippen molar-refractivity contribution in [1.29, 1.82) is 0 Å². The zero-order valence-corrected chi connectivity index (χ0v) is 10.8. The number of nitrogen functional groups attached to an aromatic ring is 1. The molecule has 1 aromatic carbocycles. The molecule has 0 radical (unpaired) electrons. The van der Waals surface area contributed by atoms with Crippen molar-refractivity contribution in [1.82, 2.24) is 4.90 Å². The highest BCUT2D eigenvalue weighted by Crippen LogP contribution is 2.20. The smallest absolute Gasteiger partial charge is 0.222 e. The van der Waals surface area contributed by atoms with Crippen LogP contribution >= 0.6 is 0 Å². The van der Waals surface area contributed by atoms with Gasteiger partial charge in [0.1, 0.15) is 5.75 Å². The molecule has 1 unspecified atom stereocenters. The van der Waals surface area contributed by atoms with Crippen molar-refractivity contribution >= 4 is 11.6 Å². The van der Waals surface area contributed by atoms with Crippen molar-refractivity contribution < 1.29 is 9.53 Å². The molecule has 1 heterocycles. The zero-order valence-electron chi connectivity index (χ0n) is 10.8. The Morgan fingerprint density at radius 1 is 1.44 bits per heavy atom. The molecule has 0 bridgehead atoms. The number of benzene rings is 1. The van der Waals surface area contributed by atoms with E-state index in [-0.39, 0.29) is 5.91 Å². The Morgan fingerprint density at radius 2 is 2.22 bits per heavy atom. The average molecular weight is 248 g/mol. The van der Waals surface area contributed by atoms with Gasteiger partial charge in [0.15, 0.2) is 0 Å². The number of likely N-dealkylation sites (tertiary alicyclic amines) is 1. The maximum Gasteiger partial charge on any atom is 0.222 e. The van der Waals surface area contributed by atoms with E-state index in [1.54, 1.807) is 0 Å². The Hall–Kier alpha value is -1.71. The molecule has 1 saturated heterocycles. The zero-order chi connectivity index (χ0) is 13.0. The lowest BCUT2D eigenvalue weighted by molar-refractivity contribution is -0.127. The maximum absolute atomic E-state index is 11.6. The van der Waals surface area contributed by atoms with Gasteiger partial charge in [-0.25, -0.2) is 0 Å². The lowest BCUT2D eigenvalue weighted by Gasteiger charge is -2.16. The number of anilines is 1. The highest BCUT2D eigenvalue weighted by molar-refractivity contribution is 5.78. The number of ether oxygens (including phenoxy) is 1. The van der Waals surface area contributed by atoms with E-state index in [1.165, 1.54) is 0 Å². The first-order valence-corrected chi connectivity index (χ1v) is 6.42. The molecule has 1 atom stereocenters. The highest BCUT2D eigenvalue weighted by Gasteiger charge is 2.25. The SMILES string of the molecule is CC1CC(=O)N(CCCOc2ccccc2N)C1. The number of hydrogen-bond acceptors (Lipinski definition) is 3. The van der Waals surface area contributed by atoms with Gasteiger partial charge in [0, 0.05) is 19.5 Å².